The minimum atomic E-state index is -0.774. The van der Waals surface area contributed by atoms with Crippen molar-refractivity contribution < 1.29 is 9.59 Å². The Labute approximate surface area is 134 Å². The number of nitrogens with zero attached hydrogens (tertiary/aromatic N) is 1. The van der Waals surface area contributed by atoms with Crippen LogP contribution in [0, 0.1) is 17.2 Å². The van der Waals surface area contributed by atoms with E-state index in [4.69, 9.17) is 0 Å². The van der Waals surface area contributed by atoms with Gasteiger partial charge in [0.15, 0.2) is 0 Å². The van der Waals surface area contributed by atoms with Crippen LogP contribution in [-0.4, -0.2) is 28.9 Å². The molecule has 1 saturated carbocycles. The number of carbonyl (C=O) groups is 2. The number of rotatable bonds is 7. The highest BCUT2D eigenvalue weighted by molar-refractivity contribution is 8.00. The summed E-state index contributed by atoms with van der Waals surface area (Å²) in [6, 6.07) is 11.4. The summed E-state index contributed by atoms with van der Waals surface area (Å²) in [4.78, 5) is 23.6. The van der Waals surface area contributed by atoms with Gasteiger partial charge >= 0.3 is 0 Å². The van der Waals surface area contributed by atoms with E-state index in [-0.39, 0.29) is 29.2 Å². The third-order valence-electron chi connectivity index (χ3n) is 3.55. The lowest BCUT2D eigenvalue weighted by Crippen LogP contribution is -2.47. The second-order valence-electron chi connectivity index (χ2n) is 5.54. The zero-order valence-corrected chi connectivity index (χ0v) is 13.3. The van der Waals surface area contributed by atoms with Crippen LogP contribution in [0.15, 0.2) is 30.3 Å². The van der Waals surface area contributed by atoms with E-state index in [0.29, 0.717) is 0 Å². The molecule has 0 aromatic heterocycles. The van der Waals surface area contributed by atoms with E-state index in [1.807, 2.05) is 30.3 Å². The number of carbonyl (C=O) groups excluding carboxylic acids is 2. The molecule has 6 heteroatoms. The molecule has 1 aromatic carbocycles. The predicted octanol–water partition coefficient (Wildman–Crippen LogP) is 2.17. The van der Waals surface area contributed by atoms with Crippen LogP contribution in [0.3, 0.4) is 0 Å². The molecule has 2 rings (SSSR count). The zero-order valence-electron chi connectivity index (χ0n) is 12.5. The molecule has 0 spiro atoms. The standard InChI is InChI=1S/C16H19N3O2S/c1-16(11-17,12-7-8-12)19-15(21)10-22-9-14(20)18-13-5-3-2-4-6-13/h2-6,12H,7-10H2,1H3,(H,18,20)(H,19,21)/t16-/m1/s1. The van der Waals surface area contributed by atoms with Gasteiger partial charge in [0.1, 0.15) is 5.54 Å². The summed E-state index contributed by atoms with van der Waals surface area (Å²) in [5, 5.41) is 14.7. The quantitative estimate of drug-likeness (QED) is 0.807. The first-order chi connectivity index (χ1) is 10.5. The Morgan fingerprint density at radius 2 is 1.91 bits per heavy atom. The number of hydrogen-bond donors (Lipinski definition) is 2. The minimum absolute atomic E-state index is 0.144. The molecule has 0 unspecified atom stereocenters. The van der Waals surface area contributed by atoms with Gasteiger partial charge in [0, 0.05) is 5.69 Å². The van der Waals surface area contributed by atoms with E-state index >= 15 is 0 Å². The largest absolute Gasteiger partial charge is 0.337 e. The van der Waals surface area contributed by atoms with Gasteiger partial charge in [-0.05, 0) is 37.8 Å². The summed E-state index contributed by atoms with van der Waals surface area (Å²) in [6.45, 7) is 1.76. The van der Waals surface area contributed by atoms with Crippen molar-refractivity contribution in [3.05, 3.63) is 30.3 Å². The van der Waals surface area contributed by atoms with Gasteiger partial charge in [-0.25, -0.2) is 0 Å². The third-order valence-corrected chi connectivity index (χ3v) is 4.48. The number of amides is 2. The lowest BCUT2D eigenvalue weighted by Gasteiger charge is -2.22. The number of para-hydroxylation sites is 1. The molecule has 2 amide bonds. The van der Waals surface area contributed by atoms with Crippen molar-refractivity contribution in [3.8, 4) is 6.07 Å². The fraction of sp³-hybridized carbons (Fsp3) is 0.438. The maximum Gasteiger partial charge on any atom is 0.234 e. The summed E-state index contributed by atoms with van der Waals surface area (Å²) in [5.41, 5.74) is -0.0347. The summed E-state index contributed by atoms with van der Waals surface area (Å²) in [7, 11) is 0. The van der Waals surface area contributed by atoms with E-state index in [1.165, 1.54) is 11.8 Å². The molecule has 1 aliphatic carbocycles. The predicted molar refractivity (Wildman–Crippen MR) is 87.3 cm³/mol. The molecule has 0 saturated heterocycles. The van der Waals surface area contributed by atoms with Gasteiger partial charge in [-0.15, -0.1) is 11.8 Å². The highest BCUT2D eigenvalue weighted by atomic mass is 32.2. The van der Waals surface area contributed by atoms with Crippen molar-refractivity contribution >= 4 is 29.3 Å². The number of anilines is 1. The molecular formula is C16H19N3O2S. The number of nitrogens with one attached hydrogen (secondary N) is 2. The molecule has 116 valence electrons. The Kier molecular flexibility index (Phi) is 5.45. The monoisotopic (exact) mass is 317 g/mol. The topological polar surface area (TPSA) is 82.0 Å². The Hall–Kier alpha value is -2.00. The molecule has 1 fully saturated rings. The number of nitriles is 1. The Balaban J connectivity index is 1.68. The van der Waals surface area contributed by atoms with Crippen LogP contribution in [0.4, 0.5) is 5.69 Å². The lowest BCUT2D eigenvalue weighted by atomic mass is 9.98. The molecule has 0 heterocycles. The van der Waals surface area contributed by atoms with E-state index in [2.05, 4.69) is 16.7 Å². The Morgan fingerprint density at radius 3 is 2.50 bits per heavy atom. The van der Waals surface area contributed by atoms with Crippen LogP contribution in [0.5, 0.6) is 0 Å². The molecular weight excluding hydrogens is 298 g/mol. The van der Waals surface area contributed by atoms with Gasteiger partial charge in [-0.3, -0.25) is 9.59 Å². The van der Waals surface area contributed by atoms with Gasteiger partial charge in [-0.1, -0.05) is 18.2 Å². The fourth-order valence-electron chi connectivity index (χ4n) is 2.16. The third kappa shape index (κ3) is 4.78. The van der Waals surface area contributed by atoms with E-state index in [1.54, 1.807) is 6.92 Å². The van der Waals surface area contributed by atoms with Gasteiger partial charge in [0.2, 0.25) is 11.8 Å². The first-order valence-electron chi connectivity index (χ1n) is 7.18. The van der Waals surface area contributed by atoms with Crippen molar-refractivity contribution in [1.29, 1.82) is 5.26 Å². The second kappa shape index (κ2) is 7.32. The lowest BCUT2D eigenvalue weighted by molar-refractivity contribution is -0.119. The van der Waals surface area contributed by atoms with Crippen molar-refractivity contribution in [3.63, 3.8) is 0 Å². The number of thioether (sulfide) groups is 1. The van der Waals surface area contributed by atoms with E-state index in [0.717, 1.165) is 18.5 Å². The maximum absolute atomic E-state index is 11.9. The first-order valence-corrected chi connectivity index (χ1v) is 8.34. The van der Waals surface area contributed by atoms with Crippen LogP contribution in [0.25, 0.3) is 0 Å². The Bertz CT molecular complexity index is 581. The van der Waals surface area contributed by atoms with Crippen molar-refractivity contribution in [2.75, 3.05) is 16.8 Å². The molecule has 2 N–H and O–H groups in total. The molecule has 22 heavy (non-hydrogen) atoms. The highest BCUT2D eigenvalue weighted by Gasteiger charge is 2.42. The SMILES string of the molecule is C[C@](C#N)(NC(=O)CSCC(=O)Nc1ccccc1)C1CC1. The van der Waals surface area contributed by atoms with Crippen molar-refractivity contribution in [1.82, 2.24) is 5.32 Å². The smallest absolute Gasteiger partial charge is 0.234 e. The number of benzene rings is 1. The molecule has 1 aromatic rings. The fourth-order valence-corrected chi connectivity index (χ4v) is 2.78. The maximum atomic E-state index is 11.9. The second-order valence-corrected chi connectivity index (χ2v) is 6.53. The van der Waals surface area contributed by atoms with Crippen LogP contribution >= 0.6 is 11.8 Å². The normalized spacial score (nSPS) is 16.2. The van der Waals surface area contributed by atoms with Crippen LogP contribution < -0.4 is 10.6 Å². The minimum Gasteiger partial charge on any atom is -0.337 e. The van der Waals surface area contributed by atoms with Gasteiger partial charge < -0.3 is 10.6 Å². The highest BCUT2D eigenvalue weighted by Crippen LogP contribution is 2.39. The van der Waals surface area contributed by atoms with Gasteiger partial charge in [0.25, 0.3) is 0 Å². The summed E-state index contributed by atoms with van der Waals surface area (Å²) < 4.78 is 0. The first kappa shape index (κ1) is 16.4. The van der Waals surface area contributed by atoms with E-state index in [9.17, 15) is 14.9 Å². The average Bonchev–Trinajstić information content (AvgIpc) is 3.33. The van der Waals surface area contributed by atoms with Gasteiger partial charge in [-0.2, -0.15) is 5.26 Å². The van der Waals surface area contributed by atoms with Crippen molar-refractivity contribution in [2.45, 2.75) is 25.3 Å². The Morgan fingerprint density at radius 1 is 1.27 bits per heavy atom. The summed E-state index contributed by atoms with van der Waals surface area (Å²) in [5.74, 6) is 0.289. The van der Waals surface area contributed by atoms with Crippen LogP contribution in [-0.2, 0) is 9.59 Å². The molecule has 1 aliphatic rings. The molecule has 1 atom stereocenters. The molecule has 5 nitrogen and oxygen atoms in total. The molecule has 0 aliphatic heterocycles. The summed E-state index contributed by atoms with van der Waals surface area (Å²) >= 11 is 1.24. The van der Waals surface area contributed by atoms with E-state index < -0.39 is 5.54 Å². The zero-order chi connectivity index (χ0) is 16.0. The average molecular weight is 317 g/mol. The summed E-state index contributed by atoms with van der Waals surface area (Å²) in [6.07, 6.45) is 1.97. The van der Waals surface area contributed by atoms with Crippen molar-refractivity contribution in [2.24, 2.45) is 5.92 Å². The molecule has 0 radical (unpaired) electrons. The van der Waals surface area contributed by atoms with Gasteiger partial charge in [0.05, 0.1) is 17.6 Å². The van der Waals surface area contributed by atoms with Crippen LogP contribution in [0.1, 0.15) is 19.8 Å². The number of hydrogen-bond acceptors (Lipinski definition) is 4. The van der Waals surface area contributed by atoms with Crippen LogP contribution in [0.2, 0.25) is 0 Å². The molecule has 0 bridgehead atoms.